The molecule has 3 heteroatoms. The molecule has 0 unspecified atom stereocenters. The zero-order valence-electron chi connectivity index (χ0n) is 29.7. The van der Waals surface area contributed by atoms with E-state index in [2.05, 4.69) is 222 Å². The molecule has 9 rings (SSSR count). The van der Waals surface area contributed by atoms with E-state index in [1.54, 1.807) is 0 Å². The van der Waals surface area contributed by atoms with Gasteiger partial charge in [0.25, 0.3) is 0 Å². The van der Waals surface area contributed by atoms with Crippen molar-refractivity contribution in [2.24, 2.45) is 0 Å². The first-order valence-electron chi connectivity index (χ1n) is 18.1. The summed E-state index contributed by atoms with van der Waals surface area (Å²) in [5.74, 6) is 0. The first-order valence-corrected chi connectivity index (χ1v) is 18.1. The van der Waals surface area contributed by atoms with Crippen molar-refractivity contribution in [3.05, 3.63) is 235 Å². The van der Waals surface area contributed by atoms with Crippen LogP contribution >= 0.6 is 0 Å². The van der Waals surface area contributed by atoms with E-state index in [1.807, 2.05) is 6.07 Å². The maximum Gasteiger partial charge on any atom is 2.00 e. The number of nitrogens with zero attached hydrogens (tertiary/aromatic N) is 2. The minimum atomic E-state index is 0. The van der Waals surface area contributed by atoms with E-state index < -0.39 is 0 Å². The molecule has 0 saturated carbocycles. The molecule has 2 nitrogen and oxygen atoms in total. The Morgan fingerprint density at radius 3 is 1.20 bits per heavy atom. The van der Waals surface area contributed by atoms with Crippen molar-refractivity contribution >= 4 is 39.7 Å². The number of rotatable bonds is 9. The van der Waals surface area contributed by atoms with Crippen molar-refractivity contribution in [1.82, 2.24) is 0 Å². The van der Waals surface area contributed by atoms with E-state index in [1.165, 1.54) is 33.4 Å². The average molecular weight is 915 g/mol. The van der Waals surface area contributed by atoms with Crippen LogP contribution in [0.1, 0.15) is 16.7 Å². The van der Waals surface area contributed by atoms with Crippen LogP contribution in [0.5, 0.6) is 0 Å². The second-order valence-corrected chi connectivity index (χ2v) is 13.3. The summed E-state index contributed by atoms with van der Waals surface area (Å²) < 4.78 is 0. The minimum Gasteiger partial charge on any atom is -0.311 e. The number of anilines is 6. The minimum absolute atomic E-state index is 0. The van der Waals surface area contributed by atoms with E-state index in [4.69, 9.17) is 0 Å². The fourth-order valence-corrected chi connectivity index (χ4v) is 7.23. The molecule has 8 aromatic carbocycles. The molecule has 8 aromatic rings. The molecule has 0 saturated heterocycles. The number of hydrogen-bond acceptors (Lipinski definition) is 2. The smallest absolute Gasteiger partial charge is 0.311 e. The Labute approximate surface area is 342 Å². The molecule has 254 valence electrons. The zero-order chi connectivity index (χ0) is 35.4. The summed E-state index contributed by atoms with van der Waals surface area (Å²) in [6, 6.07) is 76.5. The van der Waals surface area contributed by atoms with E-state index in [-0.39, 0.29) is 31.1 Å². The van der Waals surface area contributed by atoms with Crippen molar-refractivity contribution in [3.63, 3.8) is 0 Å². The summed E-state index contributed by atoms with van der Waals surface area (Å²) in [5.41, 5.74) is 16.2. The second kappa shape index (κ2) is 16.0. The van der Waals surface area contributed by atoms with Crippen LogP contribution < -0.4 is 9.80 Å². The van der Waals surface area contributed by atoms with Crippen LogP contribution in [0, 0.1) is 43.3 Å². The van der Waals surface area contributed by atoms with Gasteiger partial charge in [-0.1, -0.05) is 116 Å². The number of allylic oxidation sites excluding steroid dienone is 1. The molecule has 0 atom stereocenters. The molecule has 0 aromatic heterocycles. The van der Waals surface area contributed by atoms with Gasteiger partial charge in [-0.05, 0) is 89.5 Å². The summed E-state index contributed by atoms with van der Waals surface area (Å²) in [5, 5.41) is 0. The Morgan fingerprint density at radius 1 is 0.370 bits per heavy atom. The van der Waals surface area contributed by atoms with Crippen LogP contribution in [0.2, 0.25) is 0 Å². The van der Waals surface area contributed by atoms with Crippen molar-refractivity contribution in [1.29, 1.82) is 0 Å². The Bertz CT molecular complexity index is 2420. The Hall–Kier alpha value is -5.85. The maximum atomic E-state index is 3.70. The summed E-state index contributed by atoms with van der Waals surface area (Å²) in [6.45, 7) is 0. The standard InChI is InChI=1S/C51H36N2.U/c1-5-16-46(17-6-1)52(47-18-7-2-8-19-47)50-30-26-38(27-31-50)40-14-13-15-41(34-40)44-36-43-25-24-42(35-45(43)37-44)39-28-32-51(33-29-39)53(48-20-9-3-10-21-48)49-22-11-4-12-23-49;/h1-14,16-35H,37H2;/q-2;+2. The molecule has 0 N–H and O–H groups in total. The van der Waals surface area contributed by atoms with Gasteiger partial charge >= 0.3 is 31.1 Å². The molecular weight excluding hydrogens is 879 g/mol. The fourth-order valence-electron chi connectivity index (χ4n) is 7.23. The zero-order valence-corrected chi connectivity index (χ0v) is 33.9. The molecule has 0 spiro atoms. The fraction of sp³-hybridized carbons (Fsp3) is 0.0196. The van der Waals surface area contributed by atoms with Gasteiger partial charge in [-0.3, -0.25) is 0 Å². The first-order chi connectivity index (χ1) is 26.3. The molecular formula is C51H36N2U. The van der Waals surface area contributed by atoms with Gasteiger partial charge in [0.15, 0.2) is 0 Å². The average Bonchev–Trinajstić information content (AvgIpc) is 3.67. The van der Waals surface area contributed by atoms with Gasteiger partial charge < -0.3 is 9.80 Å². The number of hydrogen-bond donors (Lipinski definition) is 0. The molecule has 0 amide bonds. The van der Waals surface area contributed by atoms with Crippen molar-refractivity contribution in [3.8, 4) is 22.3 Å². The monoisotopic (exact) mass is 914 g/mol. The van der Waals surface area contributed by atoms with Crippen LogP contribution in [-0.4, -0.2) is 0 Å². The molecule has 1 aliphatic carbocycles. The van der Waals surface area contributed by atoms with Gasteiger partial charge in [-0.15, -0.1) is 23.3 Å². The quantitative estimate of drug-likeness (QED) is 0.133. The molecule has 0 aliphatic heterocycles. The third-order valence-corrected chi connectivity index (χ3v) is 9.86. The van der Waals surface area contributed by atoms with Gasteiger partial charge in [0.05, 0.1) is 0 Å². The summed E-state index contributed by atoms with van der Waals surface area (Å²) in [7, 11) is 0. The van der Waals surface area contributed by atoms with E-state index in [0.717, 1.165) is 51.7 Å². The Balaban J connectivity index is 0.00000413. The van der Waals surface area contributed by atoms with Gasteiger partial charge in [-0.2, -0.15) is 29.8 Å². The number of benzene rings is 8. The van der Waals surface area contributed by atoms with E-state index in [9.17, 15) is 0 Å². The normalized spacial score (nSPS) is 11.6. The molecule has 54 heavy (non-hydrogen) atoms. The summed E-state index contributed by atoms with van der Waals surface area (Å²) in [6.07, 6.45) is 4.53. The van der Waals surface area contributed by atoms with Crippen LogP contribution in [0.4, 0.5) is 34.1 Å². The van der Waals surface area contributed by atoms with Crippen molar-refractivity contribution < 1.29 is 31.1 Å². The second-order valence-electron chi connectivity index (χ2n) is 13.3. The van der Waals surface area contributed by atoms with Crippen molar-refractivity contribution in [2.75, 3.05) is 9.80 Å². The Kier molecular flexibility index (Phi) is 10.4. The van der Waals surface area contributed by atoms with Crippen LogP contribution in [0.25, 0.3) is 27.8 Å². The Morgan fingerprint density at radius 2 is 0.759 bits per heavy atom. The first kappa shape index (κ1) is 35.2. The number of fused-ring (bicyclic) bond motifs is 1. The summed E-state index contributed by atoms with van der Waals surface area (Å²) in [4.78, 5) is 4.58. The number of para-hydroxylation sites is 4. The molecule has 0 radical (unpaired) electrons. The molecule has 0 fully saturated rings. The van der Waals surface area contributed by atoms with Crippen LogP contribution in [0.3, 0.4) is 0 Å². The van der Waals surface area contributed by atoms with E-state index in [0.29, 0.717) is 0 Å². The van der Waals surface area contributed by atoms with Gasteiger partial charge in [0, 0.05) is 34.1 Å². The van der Waals surface area contributed by atoms with Crippen LogP contribution in [0.15, 0.2) is 206 Å². The third kappa shape index (κ3) is 7.35. The van der Waals surface area contributed by atoms with Crippen LogP contribution in [-0.2, 0) is 6.42 Å². The predicted molar refractivity (Wildman–Crippen MR) is 221 cm³/mol. The maximum absolute atomic E-state index is 3.70. The third-order valence-electron chi connectivity index (χ3n) is 9.86. The van der Waals surface area contributed by atoms with Gasteiger partial charge in [0.2, 0.25) is 0 Å². The summed E-state index contributed by atoms with van der Waals surface area (Å²) >= 11 is 0. The van der Waals surface area contributed by atoms with E-state index >= 15 is 0 Å². The van der Waals surface area contributed by atoms with Crippen molar-refractivity contribution in [2.45, 2.75) is 6.42 Å². The largest absolute Gasteiger partial charge is 2.00 e. The van der Waals surface area contributed by atoms with Gasteiger partial charge in [-0.25, -0.2) is 11.1 Å². The molecule has 0 bridgehead atoms. The molecule has 0 heterocycles. The SMILES string of the molecule is [C-]1=C(c2[c-]ccc(-c3ccc(N(c4ccccc4)c4ccccc4)cc3)c2)Cc2cc(-c3ccc(N(c4ccccc4)c4ccccc4)cc3)ccc21.[U+2]. The molecule has 1 aliphatic rings. The van der Waals surface area contributed by atoms with Gasteiger partial charge in [0.1, 0.15) is 0 Å². The topological polar surface area (TPSA) is 6.48 Å². The predicted octanol–water partition coefficient (Wildman–Crippen LogP) is 13.6.